The second-order valence-electron chi connectivity index (χ2n) is 11.2. The van der Waals surface area contributed by atoms with Crippen molar-refractivity contribution in [3.05, 3.63) is 134 Å². The molecule has 0 saturated heterocycles. The van der Waals surface area contributed by atoms with Gasteiger partial charge >= 0.3 is 0 Å². The molecule has 0 atom stereocenters. The van der Waals surface area contributed by atoms with Crippen LogP contribution in [0, 0.1) is 0 Å². The number of rotatable bonds is 2. The van der Waals surface area contributed by atoms with Crippen molar-refractivity contribution >= 4 is 76.4 Å². The SMILES string of the molecule is c1ccc2c(c1)oc1cccc(-c3c4ccccc4c(-c4ccc5c(c4)oc4c5ccc5ccoc54)c4ccccc34)c12. The van der Waals surface area contributed by atoms with E-state index in [-0.39, 0.29) is 0 Å². The summed E-state index contributed by atoms with van der Waals surface area (Å²) < 4.78 is 18.6. The standard InChI is InChI=1S/C40H22O3/c1-3-10-28-26(8-1)36(24-17-18-25-30-19-16-23-20-21-41-39(23)40(30)43-35(25)22-24)27-9-2-4-11-29(27)37(28)32-13-7-15-34-38(32)31-12-5-6-14-33(31)42-34/h1-22H. The Balaban J connectivity index is 1.31. The zero-order valence-electron chi connectivity index (χ0n) is 22.9. The fourth-order valence-corrected chi connectivity index (χ4v) is 7.13. The summed E-state index contributed by atoms with van der Waals surface area (Å²) in [5.74, 6) is 0. The van der Waals surface area contributed by atoms with Gasteiger partial charge in [-0.2, -0.15) is 0 Å². The molecule has 0 spiro atoms. The number of furan rings is 3. The van der Waals surface area contributed by atoms with Crippen LogP contribution in [-0.2, 0) is 0 Å². The van der Waals surface area contributed by atoms with Gasteiger partial charge in [0.15, 0.2) is 11.2 Å². The molecule has 3 heterocycles. The Morgan fingerprint density at radius 2 is 1.07 bits per heavy atom. The normalized spacial score (nSPS) is 12.2. The van der Waals surface area contributed by atoms with Crippen LogP contribution in [0.3, 0.4) is 0 Å². The molecule has 10 rings (SSSR count). The second-order valence-corrected chi connectivity index (χ2v) is 11.2. The predicted octanol–water partition coefficient (Wildman–Crippen LogP) is 11.9. The third-order valence-electron chi connectivity index (χ3n) is 8.95. The monoisotopic (exact) mass is 550 g/mol. The van der Waals surface area contributed by atoms with Gasteiger partial charge in [-0.05, 0) is 80.2 Å². The van der Waals surface area contributed by atoms with Crippen LogP contribution in [-0.4, -0.2) is 0 Å². The predicted molar refractivity (Wildman–Crippen MR) is 177 cm³/mol. The quantitative estimate of drug-likeness (QED) is 0.201. The van der Waals surface area contributed by atoms with Crippen molar-refractivity contribution in [1.29, 1.82) is 0 Å². The Kier molecular flexibility index (Phi) is 4.45. The summed E-state index contributed by atoms with van der Waals surface area (Å²) in [6.45, 7) is 0. The average Bonchev–Trinajstić information content (AvgIpc) is 3.78. The Morgan fingerprint density at radius 1 is 0.395 bits per heavy atom. The van der Waals surface area contributed by atoms with Crippen molar-refractivity contribution in [1.82, 2.24) is 0 Å². The fourth-order valence-electron chi connectivity index (χ4n) is 7.13. The third-order valence-corrected chi connectivity index (χ3v) is 8.95. The van der Waals surface area contributed by atoms with Gasteiger partial charge in [0.05, 0.1) is 6.26 Å². The molecule has 0 aliphatic rings. The zero-order chi connectivity index (χ0) is 28.1. The molecular weight excluding hydrogens is 528 g/mol. The molecule has 43 heavy (non-hydrogen) atoms. The first kappa shape index (κ1) is 22.8. The summed E-state index contributed by atoms with van der Waals surface area (Å²) in [5, 5.41) is 10.3. The first-order valence-electron chi connectivity index (χ1n) is 14.5. The van der Waals surface area contributed by atoms with E-state index in [0.29, 0.717) is 0 Å². The maximum atomic E-state index is 6.48. The molecule has 0 fully saturated rings. The highest BCUT2D eigenvalue weighted by Crippen LogP contribution is 2.47. The number of hydrogen-bond donors (Lipinski definition) is 0. The van der Waals surface area contributed by atoms with E-state index in [9.17, 15) is 0 Å². The summed E-state index contributed by atoms with van der Waals surface area (Å²) in [6, 6.07) is 45.0. The molecular formula is C40H22O3. The van der Waals surface area contributed by atoms with Gasteiger partial charge in [-0.15, -0.1) is 0 Å². The van der Waals surface area contributed by atoms with Gasteiger partial charge in [0, 0.05) is 26.9 Å². The van der Waals surface area contributed by atoms with Gasteiger partial charge in [-0.3, -0.25) is 0 Å². The highest BCUT2D eigenvalue weighted by Gasteiger charge is 2.21. The van der Waals surface area contributed by atoms with Gasteiger partial charge < -0.3 is 13.3 Å². The lowest BCUT2D eigenvalue weighted by atomic mass is 9.85. The molecule has 0 unspecified atom stereocenters. The second kappa shape index (κ2) is 8.37. The average molecular weight is 551 g/mol. The van der Waals surface area contributed by atoms with Crippen LogP contribution < -0.4 is 0 Å². The fraction of sp³-hybridized carbons (Fsp3) is 0. The number of para-hydroxylation sites is 1. The lowest BCUT2D eigenvalue weighted by molar-refractivity contribution is 0.600. The molecule has 200 valence electrons. The van der Waals surface area contributed by atoms with Crippen molar-refractivity contribution in [3.63, 3.8) is 0 Å². The van der Waals surface area contributed by atoms with E-state index in [1.54, 1.807) is 6.26 Å². The van der Waals surface area contributed by atoms with Crippen LogP contribution in [0.2, 0.25) is 0 Å². The molecule has 0 bridgehead atoms. The van der Waals surface area contributed by atoms with Gasteiger partial charge in [0.2, 0.25) is 0 Å². The van der Waals surface area contributed by atoms with Crippen LogP contribution in [0.5, 0.6) is 0 Å². The van der Waals surface area contributed by atoms with Gasteiger partial charge in [-0.1, -0.05) is 91.0 Å². The lowest BCUT2D eigenvalue weighted by Gasteiger charge is -2.18. The molecule has 3 heteroatoms. The number of fused-ring (bicyclic) bond motifs is 10. The van der Waals surface area contributed by atoms with E-state index in [0.717, 1.165) is 60.4 Å². The minimum Gasteiger partial charge on any atom is -0.460 e. The minimum absolute atomic E-state index is 0.788. The molecule has 0 aliphatic carbocycles. The van der Waals surface area contributed by atoms with E-state index in [1.165, 1.54) is 38.2 Å². The summed E-state index contributed by atoms with van der Waals surface area (Å²) >= 11 is 0. The van der Waals surface area contributed by atoms with Crippen LogP contribution in [0.4, 0.5) is 0 Å². The van der Waals surface area contributed by atoms with E-state index in [1.807, 2.05) is 18.2 Å². The molecule has 0 amide bonds. The van der Waals surface area contributed by atoms with Crippen molar-refractivity contribution in [3.8, 4) is 22.3 Å². The van der Waals surface area contributed by atoms with E-state index in [2.05, 4.69) is 109 Å². The van der Waals surface area contributed by atoms with E-state index < -0.39 is 0 Å². The smallest absolute Gasteiger partial charge is 0.178 e. The Labute approximate surface area is 245 Å². The first-order chi connectivity index (χ1) is 21.3. The minimum atomic E-state index is 0.788. The Morgan fingerprint density at radius 3 is 1.86 bits per heavy atom. The van der Waals surface area contributed by atoms with Crippen LogP contribution in [0.15, 0.2) is 147 Å². The van der Waals surface area contributed by atoms with Crippen molar-refractivity contribution < 1.29 is 13.3 Å². The number of hydrogen-bond acceptors (Lipinski definition) is 3. The maximum absolute atomic E-state index is 6.48. The maximum Gasteiger partial charge on any atom is 0.178 e. The highest BCUT2D eigenvalue weighted by molar-refractivity contribution is 6.26. The van der Waals surface area contributed by atoms with E-state index >= 15 is 0 Å². The molecule has 0 saturated carbocycles. The summed E-state index contributed by atoms with van der Waals surface area (Å²) in [4.78, 5) is 0. The first-order valence-corrected chi connectivity index (χ1v) is 14.5. The largest absolute Gasteiger partial charge is 0.460 e. The van der Waals surface area contributed by atoms with Gasteiger partial charge in [-0.25, -0.2) is 0 Å². The molecule has 10 aromatic rings. The molecule has 0 aliphatic heterocycles. The van der Waals surface area contributed by atoms with Crippen molar-refractivity contribution in [2.45, 2.75) is 0 Å². The molecule has 3 aromatic heterocycles. The van der Waals surface area contributed by atoms with Crippen LogP contribution in [0.25, 0.3) is 98.6 Å². The van der Waals surface area contributed by atoms with Gasteiger partial charge in [0.1, 0.15) is 16.7 Å². The Hall–Kier alpha value is -5.80. The van der Waals surface area contributed by atoms with Crippen molar-refractivity contribution in [2.75, 3.05) is 0 Å². The van der Waals surface area contributed by atoms with Gasteiger partial charge in [0.25, 0.3) is 0 Å². The third kappa shape index (κ3) is 3.08. The zero-order valence-corrected chi connectivity index (χ0v) is 22.9. The summed E-state index contributed by atoms with van der Waals surface area (Å²) in [6.07, 6.45) is 1.72. The highest BCUT2D eigenvalue weighted by atomic mass is 16.4. The molecule has 3 nitrogen and oxygen atoms in total. The molecule has 0 radical (unpaired) electrons. The van der Waals surface area contributed by atoms with E-state index in [4.69, 9.17) is 13.3 Å². The topological polar surface area (TPSA) is 39.4 Å². The van der Waals surface area contributed by atoms with Crippen LogP contribution in [0.1, 0.15) is 0 Å². The van der Waals surface area contributed by atoms with Crippen LogP contribution >= 0.6 is 0 Å². The summed E-state index contributed by atoms with van der Waals surface area (Å²) in [5.41, 5.74) is 8.95. The lowest BCUT2D eigenvalue weighted by Crippen LogP contribution is -1.91. The number of benzene rings is 7. The van der Waals surface area contributed by atoms with Crippen molar-refractivity contribution in [2.24, 2.45) is 0 Å². The Bertz CT molecular complexity index is 2680. The summed E-state index contributed by atoms with van der Waals surface area (Å²) in [7, 11) is 0. The molecule has 0 N–H and O–H groups in total. The molecule has 7 aromatic carbocycles.